The highest BCUT2D eigenvalue weighted by atomic mass is 35.5. The van der Waals surface area contributed by atoms with Gasteiger partial charge in [0, 0.05) is 42.6 Å². The number of amides is 2. The fraction of sp³-hybridized carbons (Fsp3) is 0.529. The van der Waals surface area contributed by atoms with Gasteiger partial charge in [0.25, 0.3) is 5.91 Å². The van der Waals surface area contributed by atoms with Crippen LogP contribution in [0.25, 0.3) is 0 Å². The number of nitrogens with zero attached hydrogens (tertiary/aromatic N) is 2. The highest BCUT2D eigenvalue weighted by molar-refractivity contribution is 7.92. The summed E-state index contributed by atoms with van der Waals surface area (Å²) in [7, 11) is -1.54. The van der Waals surface area contributed by atoms with Gasteiger partial charge in [-0.2, -0.15) is 0 Å². The van der Waals surface area contributed by atoms with Crippen molar-refractivity contribution in [2.24, 2.45) is 16.2 Å². The molecule has 2 aromatic carbocycles. The van der Waals surface area contributed by atoms with Gasteiger partial charge in [0.1, 0.15) is 15.7 Å². The Labute approximate surface area is 265 Å². The first-order valence-corrected chi connectivity index (χ1v) is 17.9. The molecule has 0 saturated heterocycles. The van der Waals surface area contributed by atoms with E-state index in [0.29, 0.717) is 36.8 Å². The average molecular weight is 640 g/mol. The minimum Gasteiger partial charge on any atom is -0.490 e. The number of halogens is 1. The van der Waals surface area contributed by atoms with Crippen LogP contribution in [-0.2, 0) is 31.3 Å². The molecule has 44 heavy (non-hydrogen) atoms. The lowest BCUT2D eigenvalue weighted by molar-refractivity contribution is -0.118. The van der Waals surface area contributed by atoms with Crippen molar-refractivity contribution < 1.29 is 23.3 Å². The molecule has 2 aliphatic heterocycles. The molecule has 2 amide bonds. The zero-order valence-electron chi connectivity index (χ0n) is 25.6. The summed E-state index contributed by atoms with van der Waals surface area (Å²) in [6.45, 7) is 3.75. The number of ether oxygens (including phenoxy) is 2. The molecule has 1 spiro atoms. The van der Waals surface area contributed by atoms with E-state index < -0.39 is 21.7 Å². The normalized spacial score (nSPS) is 30.9. The van der Waals surface area contributed by atoms with Gasteiger partial charge in [0.2, 0.25) is 5.91 Å². The van der Waals surface area contributed by atoms with Gasteiger partial charge in [0.15, 0.2) is 0 Å². The predicted molar refractivity (Wildman–Crippen MR) is 174 cm³/mol. The van der Waals surface area contributed by atoms with Crippen molar-refractivity contribution in [3.8, 4) is 5.75 Å². The minimum atomic E-state index is -3.30. The molecule has 6 rings (SSSR count). The highest BCUT2D eigenvalue weighted by Crippen LogP contribution is 2.47. The van der Waals surface area contributed by atoms with E-state index in [1.165, 1.54) is 11.1 Å². The molecule has 4 aliphatic rings. The second kappa shape index (κ2) is 12.9. The smallest absolute Gasteiger partial charge is 0.286 e. The number of nitrogens with one attached hydrogen (secondary N) is 1. The van der Waals surface area contributed by atoms with Crippen LogP contribution in [0.15, 0.2) is 52.9 Å². The van der Waals surface area contributed by atoms with Gasteiger partial charge in [-0.3, -0.25) is 14.3 Å². The number of hydrogen-bond acceptors (Lipinski definition) is 6. The van der Waals surface area contributed by atoms with Crippen LogP contribution in [0.1, 0.15) is 73.4 Å². The Morgan fingerprint density at radius 1 is 1.23 bits per heavy atom. The Bertz CT molecular complexity index is 1580. The first kappa shape index (κ1) is 31.1. The Kier molecular flexibility index (Phi) is 9.09. The number of hydrogen-bond donors (Lipinski definition) is 1. The van der Waals surface area contributed by atoms with E-state index in [2.05, 4.69) is 38.3 Å². The van der Waals surface area contributed by atoms with Crippen LogP contribution in [0.5, 0.6) is 5.75 Å². The van der Waals surface area contributed by atoms with E-state index in [1.54, 1.807) is 20.1 Å². The van der Waals surface area contributed by atoms with Crippen molar-refractivity contribution in [2.75, 3.05) is 37.5 Å². The zero-order valence-corrected chi connectivity index (χ0v) is 27.1. The van der Waals surface area contributed by atoms with E-state index in [4.69, 9.17) is 21.1 Å². The van der Waals surface area contributed by atoms with Gasteiger partial charge >= 0.3 is 0 Å². The largest absolute Gasteiger partial charge is 0.490 e. The molecule has 1 unspecified atom stereocenters. The molecular weight excluding hydrogens is 598 g/mol. The van der Waals surface area contributed by atoms with Crippen LogP contribution in [0.2, 0.25) is 5.02 Å². The SMILES string of the molecule is CCC(=O)NS1(=O)=NC(=O)c2ccc3c(c2)N(C[C@@H]2CC[C@H]2[C@@H](OC)/C=C/CCC1)C[C@@]1(CCCc2cc(Cl)ccc21)CO3. The third-order valence-electron chi connectivity index (χ3n) is 9.85. The lowest BCUT2D eigenvalue weighted by Gasteiger charge is -2.46. The Morgan fingerprint density at radius 2 is 2.09 bits per heavy atom. The molecule has 236 valence electrons. The third kappa shape index (κ3) is 6.28. The number of fused-ring (bicyclic) bond motifs is 4. The molecule has 1 fully saturated rings. The number of benzene rings is 2. The fourth-order valence-corrected chi connectivity index (χ4v) is 9.23. The summed E-state index contributed by atoms with van der Waals surface area (Å²) in [6.07, 6.45) is 10.7. The van der Waals surface area contributed by atoms with Gasteiger partial charge in [-0.25, -0.2) is 4.21 Å². The Balaban J connectivity index is 1.44. The predicted octanol–water partition coefficient (Wildman–Crippen LogP) is 6.25. The van der Waals surface area contributed by atoms with Crippen LogP contribution in [0.3, 0.4) is 0 Å². The number of rotatable bonds is 3. The van der Waals surface area contributed by atoms with Crippen molar-refractivity contribution in [2.45, 2.75) is 69.8 Å². The van der Waals surface area contributed by atoms with Crippen molar-refractivity contribution in [3.05, 3.63) is 70.3 Å². The number of allylic oxidation sites excluding steroid dienone is 1. The summed E-state index contributed by atoms with van der Waals surface area (Å²) in [5.41, 5.74) is 3.50. The molecular formula is C34H42ClN3O5S. The molecule has 1 N–H and O–H groups in total. The first-order chi connectivity index (χ1) is 21.2. The first-order valence-electron chi connectivity index (χ1n) is 15.8. The molecule has 0 radical (unpaired) electrons. The average Bonchev–Trinajstić information content (AvgIpc) is 3.14. The standard InChI is InChI=1S/C34H42ClN3O5S/c1-3-32(39)36-44(41)17-6-4-5-9-30(42-2)27-13-10-25(27)20-38-21-34(16-7-8-23-18-26(35)12-14-28(23)34)22-43-31-15-11-24(19-29(31)38)33(40)37-44/h5,9,11-12,14-15,18-19,25,27,30H,3-4,6-8,10,13,16-17,20-22H2,1-2H3,(H,36,37,39,40,41)/b9-5+/t25-,27+,30-,34-,44?/m0/s1. The molecule has 10 heteroatoms. The van der Waals surface area contributed by atoms with Gasteiger partial charge in [-0.05, 0) is 98.2 Å². The maximum absolute atomic E-state index is 13.8. The highest BCUT2D eigenvalue weighted by Gasteiger charge is 2.44. The molecule has 2 heterocycles. The van der Waals surface area contributed by atoms with E-state index >= 15 is 0 Å². The maximum atomic E-state index is 13.8. The molecule has 1 saturated carbocycles. The van der Waals surface area contributed by atoms with E-state index in [1.807, 2.05) is 18.2 Å². The maximum Gasteiger partial charge on any atom is 0.286 e. The van der Waals surface area contributed by atoms with Crippen molar-refractivity contribution >= 4 is 39.0 Å². The quantitative estimate of drug-likeness (QED) is 0.399. The van der Waals surface area contributed by atoms with Crippen molar-refractivity contribution in [1.29, 1.82) is 0 Å². The van der Waals surface area contributed by atoms with Gasteiger partial charge in [-0.1, -0.05) is 36.7 Å². The van der Waals surface area contributed by atoms with E-state index in [0.717, 1.165) is 61.7 Å². The van der Waals surface area contributed by atoms with Crippen LogP contribution < -0.4 is 14.4 Å². The number of carbonyl (C=O) groups excluding carboxylic acids is 2. The summed E-state index contributed by atoms with van der Waals surface area (Å²) in [5, 5.41) is 0.748. The third-order valence-corrected chi connectivity index (χ3v) is 11.9. The second-order valence-electron chi connectivity index (χ2n) is 12.7. The lowest BCUT2D eigenvalue weighted by Crippen LogP contribution is -2.49. The van der Waals surface area contributed by atoms with Crippen molar-refractivity contribution in [1.82, 2.24) is 4.72 Å². The number of carbonyl (C=O) groups is 2. The van der Waals surface area contributed by atoms with Crippen LogP contribution in [0.4, 0.5) is 5.69 Å². The number of aryl methyl sites for hydroxylation is 1. The lowest BCUT2D eigenvalue weighted by atomic mass is 9.68. The molecule has 2 aromatic rings. The van der Waals surface area contributed by atoms with Gasteiger partial charge in [-0.15, -0.1) is 4.36 Å². The molecule has 2 bridgehead atoms. The van der Waals surface area contributed by atoms with Gasteiger partial charge < -0.3 is 14.4 Å². The van der Waals surface area contributed by atoms with Crippen LogP contribution in [0, 0.1) is 11.8 Å². The summed E-state index contributed by atoms with van der Waals surface area (Å²) < 4.78 is 33.1. The summed E-state index contributed by atoms with van der Waals surface area (Å²) in [5.74, 6) is 0.603. The molecule has 2 aliphatic carbocycles. The van der Waals surface area contributed by atoms with Crippen LogP contribution in [-0.4, -0.2) is 54.7 Å². The Hall–Kier alpha value is -2.88. The number of methoxy groups -OCH3 is 1. The zero-order chi connectivity index (χ0) is 30.9. The summed E-state index contributed by atoms with van der Waals surface area (Å²) in [4.78, 5) is 28.3. The van der Waals surface area contributed by atoms with Crippen LogP contribution >= 0.6 is 11.6 Å². The van der Waals surface area contributed by atoms with E-state index in [9.17, 15) is 13.8 Å². The fourth-order valence-electron chi connectivity index (χ4n) is 7.36. The topological polar surface area (TPSA) is 97.3 Å². The molecule has 0 aromatic heterocycles. The minimum absolute atomic E-state index is 0.0161. The molecule has 5 atom stereocenters. The second-order valence-corrected chi connectivity index (χ2v) is 15.2. The number of anilines is 1. The monoisotopic (exact) mass is 639 g/mol. The Morgan fingerprint density at radius 3 is 2.86 bits per heavy atom. The summed E-state index contributed by atoms with van der Waals surface area (Å²) >= 11 is 6.42. The molecule has 8 nitrogen and oxygen atoms in total. The van der Waals surface area contributed by atoms with E-state index in [-0.39, 0.29) is 23.7 Å². The summed E-state index contributed by atoms with van der Waals surface area (Å²) in [6, 6.07) is 11.6. The van der Waals surface area contributed by atoms with Gasteiger partial charge in [0.05, 0.1) is 24.2 Å². The van der Waals surface area contributed by atoms with Crippen molar-refractivity contribution in [3.63, 3.8) is 0 Å².